The number of halogens is 2. The van der Waals surface area contributed by atoms with E-state index in [1.165, 1.54) is 6.07 Å². The molecule has 0 radical (unpaired) electrons. The molecule has 0 aromatic carbocycles. The third-order valence-corrected chi connectivity index (χ3v) is 1.73. The molecule has 0 aliphatic heterocycles. The van der Waals surface area contributed by atoms with E-state index in [-0.39, 0.29) is 0 Å². The number of nitrogen functional groups attached to an aromatic ring is 1. The molecule has 0 fully saturated rings. The Balaban J connectivity index is 3.48. The van der Waals surface area contributed by atoms with Crippen LogP contribution in [0.4, 0.5) is 14.5 Å². The molecular weight excluding hydrogens is 206 g/mol. The van der Waals surface area contributed by atoms with Gasteiger partial charge < -0.3 is 11.5 Å². The maximum atomic E-state index is 12.3. The number of rotatable bonds is 2. The molecule has 4 N–H and O–H groups in total. The summed E-state index contributed by atoms with van der Waals surface area (Å²) >= 11 is 0. The number of carbonyl (C=O) groups excluding carboxylic acids is 1. The van der Waals surface area contributed by atoms with Crippen molar-refractivity contribution in [2.24, 2.45) is 5.73 Å². The van der Waals surface area contributed by atoms with Crippen molar-refractivity contribution >= 4 is 11.6 Å². The monoisotopic (exact) mass is 212 g/mol. The highest BCUT2D eigenvalue weighted by Crippen LogP contribution is 2.27. The Hall–Kier alpha value is -2.23. The van der Waals surface area contributed by atoms with Gasteiger partial charge in [-0.25, -0.2) is 13.8 Å². The van der Waals surface area contributed by atoms with Crippen LogP contribution in [0.2, 0.25) is 0 Å². The van der Waals surface area contributed by atoms with Gasteiger partial charge in [-0.1, -0.05) is 0 Å². The average molecular weight is 212 g/mol. The van der Waals surface area contributed by atoms with Gasteiger partial charge in [0.2, 0.25) is 0 Å². The van der Waals surface area contributed by atoms with Crippen LogP contribution in [0.3, 0.4) is 0 Å². The van der Waals surface area contributed by atoms with E-state index >= 15 is 0 Å². The smallest absolute Gasteiger partial charge is 0.268 e. The molecule has 0 aliphatic carbocycles. The maximum Gasteiger partial charge on any atom is 0.268 e. The van der Waals surface area contributed by atoms with Crippen LogP contribution >= 0.6 is 0 Å². The van der Waals surface area contributed by atoms with Gasteiger partial charge in [0.1, 0.15) is 17.3 Å². The van der Waals surface area contributed by atoms with Crippen molar-refractivity contribution in [3.05, 3.63) is 23.0 Å². The third-order valence-electron chi connectivity index (χ3n) is 1.73. The van der Waals surface area contributed by atoms with E-state index in [0.29, 0.717) is 0 Å². The third kappa shape index (κ3) is 1.83. The highest BCUT2D eigenvalue weighted by molar-refractivity contribution is 5.95. The standard InChI is InChI=1S/C8H6F2N4O/c9-7(10)4-2-14-6(8(13)15)3(1-11)5(4)12/h2,7H,(H2,12,14)(H2,13,15). The molecule has 0 atom stereocenters. The Morgan fingerprint density at radius 2 is 2.20 bits per heavy atom. The van der Waals surface area contributed by atoms with Crippen LogP contribution in [-0.4, -0.2) is 10.9 Å². The van der Waals surface area contributed by atoms with E-state index in [4.69, 9.17) is 16.7 Å². The number of hydrogen-bond donors (Lipinski definition) is 2. The number of aromatic nitrogens is 1. The molecule has 5 nitrogen and oxygen atoms in total. The summed E-state index contributed by atoms with van der Waals surface area (Å²) in [7, 11) is 0. The average Bonchev–Trinajstić information content (AvgIpc) is 2.16. The van der Waals surface area contributed by atoms with Crippen LogP contribution in [0.25, 0.3) is 0 Å². The van der Waals surface area contributed by atoms with Crippen molar-refractivity contribution in [1.29, 1.82) is 5.26 Å². The lowest BCUT2D eigenvalue weighted by Gasteiger charge is -2.07. The van der Waals surface area contributed by atoms with Gasteiger partial charge in [0.15, 0.2) is 0 Å². The quantitative estimate of drug-likeness (QED) is 0.747. The molecule has 1 amide bonds. The van der Waals surface area contributed by atoms with Crippen LogP contribution in [0, 0.1) is 11.3 Å². The number of hydrogen-bond acceptors (Lipinski definition) is 4. The molecule has 0 saturated carbocycles. The minimum absolute atomic E-state index is 0.403. The second kappa shape index (κ2) is 3.88. The normalized spacial score (nSPS) is 10.0. The van der Waals surface area contributed by atoms with Crippen LogP contribution in [0.5, 0.6) is 0 Å². The van der Waals surface area contributed by atoms with Gasteiger partial charge in [-0.15, -0.1) is 0 Å². The second-order valence-electron chi connectivity index (χ2n) is 2.63. The van der Waals surface area contributed by atoms with Crippen molar-refractivity contribution in [3.8, 4) is 6.07 Å². The number of nitrogens with two attached hydrogens (primary N) is 2. The van der Waals surface area contributed by atoms with E-state index < -0.39 is 34.8 Å². The maximum absolute atomic E-state index is 12.3. The van der Waals surface area contributed by atoms with Gasteiger partial charge >= 0.3 is 0 Å². The summed E-state index contributed by atoms with van der Waals surface area (Å²) < 4.78 is 24.7. The predicted octanol–water partition coefficient (Wildman–Crippen LogP) is 0.572. The molecule has 1 aromatic heterocycles. The number of alkyl halides is 2. The zero-order valence-corrected chi connectivity index (χ0v) is 7.37. The molecular formula is C8H6F2N4O. The van der Waals surface area contributed by atoms with Gasteiger partial charge in [-0.2, -0.15) is 5.26 Å². The summed E-state index contributed by atoms with van der Waals surface area (Å²) in [6.45, 7) is 0. The Morgan fingerprint density at radius 3 is 2.60 bits per heavy atom. The van der Waals surface area contributed by atoms with Crippen LogP contribution in [0.1, 0.15) is 28.0 Å². The zero-order chi connectivity index (χ0) is 11.6. The number of anilines is 1. The minimum atomic E-state index is -2.86. The lowest BCUT2D eigenvalue weighted by atomic mass is 10.1. The molecule has 0 bridgehead atoms. The summed E-state index contributed by atoms with van der Waals surface area (Å²) in [5, 5.41) is 8.63. The van der Waals surface area contributed by atoms with E-state index in [2.05, 4.69) is 4.98 Å². The fraction of sp³-hybridized carbons (Fsp3) is 0.125. The first kappa shape index (κ1) is 10.8. The van der Waals surface area contributed by atoms with Crippen molar-refractivity contribution in [2.75, 3.05) is 5.73 Å². The van der Waals surface area contributed by atoms with Gasteiger partial charge in [-0.05, 0) is 0 Å². The summed E-state index contributed by atoms with van der Waals surface area (Å²) in [4.78, 5) is 14.2. The number of carbonyl (C=O) groups is 1. The Bertz CT molecular complexity index is 453. The van der Waals surface area contributed by atoms with E-state index in [1.54, 1.807) is 0 Å². The number of nitriles is 1. The summed E-state index contributed by atoms with van der Waals surface area (Å²) in [5.74, 6) is -0.987. The van der Waals surface area contributed by atoms with Crippen molar-refractivity contribution < 1.29 is 13.6 Å². The second-order valence-corrected chi connectivity index (χ2v) is 2.63. The molecule has 0 unspecified atom stereocenters. The molecule has 1 aromatic rings. The largest absolute Gasteiger partial charge is 0.397 e. The molecule has 1 heterocycles. The molecule has 0 saturated heterocycles. The minimum Gasteiger partial charge on any atom is -0.397 e. The number of pyridine rings is 1. The van der Waals surface area contributed by atoms with Crippen molar-refractivity contribution in [2.45, 2.75) is 6.43 Å². The molecule has 1 rings (SSSR count). The fourth-order valence-electron chi connectivity index (χ4n) is 1.01. The summed E-state index contributed by atoms with van der Waals surface area (Å²) in [6, 6.07) is 1.52. The Kier molecular flexibility index (Phi) is 2.80. The van der Waals surface area contributed by atoms with Crippen LogP contribution in [0.15, 0.2) is 6.20 Å². The molecule has 15 heavy (non-hydrogen) atoms. The van der Waals surface area contributed by atoms with E-state index in [0.717, 1.165) is 6.20 Å². The molecule has 7 heteroatoms. The van der Waals surface area contributed by atoms with Crippen LogP contribution < -0.4 is 11.5 Å². The molecule has 0 spiro atoms. The highest BCUT2D eigenvalue weighted by atomic mass is 19.3. The van der Waals surface area contributed by atoms with E-state index in [1.807, 2.05) is 0 Å². The summed E-state index contributed by atoms with van der Waals surface area (Å²) in [6.07, 6.45) is -2.12. The highest BCUT2D eigenvalue weighted by Gasteiger charge is 2.20. The first-order valence-corrected chi connectivity index (χ1v) is 3.75. The van der Waals surface area contributed by atoms with Crippen molar-refractivity contribution in [1.82, 2.24) is 4.98 Å². The van der Waals surface area contributed by atoms with Gasteiger partial charge in [0.25, 0.3) is 12.3 Å². The first-order valence-electron chi connectivity index (χ1n) is 3.75. The van der Waals surface area contributed by atoms with Gasteiger partial charge in [-0.3, -0.25) is 4.79 Å². The zero-order valence-electron chi connectivity index (χ0n) is 7.37. The topological polar surface area (TPSA) is 106 Å². The predicted molar refractivity (Wildman–Crippen MR) is 46.8 cm³/mol. The number of primary amides is 1. The Morgan fingerprint density at radius 1 is 1.60 bits per heavy atom. The lowest BCUT2D eigenvalue weighted by Crippen LogP contribution is -2.17. The first-order chi connectivity index (χ1) is 6.99. The SMILES string of the molecule is N#Cc1c(C(N)=O)ncc(C(F)F)c1N. The lowest BCUT2D eigenvalue weighted by molar-refractivity contribution is 0.0994. The Labute approximate surface area is 83.3 Å². The van der Waals surface area contributed by atoms with Gasteiger partial charge in [0, 0.05) is 6.20 Å². The number of nitrogens with zero attached hydrogens (tertiary/aromatic N) is 2. The molecule has 0 aliphatic rings. The van der Waals surface area contributed by atoms with Crippen LogP contribution in [-0.2, 0) is 0 Å². The fourth-order valence-corrected chi connectivity index (χ4v) is 1.01. The molecule has 78 valence electrons. The summed E-state index contributed by atoms with van der Waals surface area (Å²) in [5.41, 5.74) is 8.30. The van der Waals surface area contributed by atoms with Gasteiger partial charge in [0.05, 0.1) is 11.3 Å². The van der Waals surface area contributed by atoms with E-state index in [9.17, 15) is 13.6 Å². The number of amides is 1. The van der Waals surface area contributed by atoms with Crippen molar-refractivity contribution in [3.63, 3.8) is 0 Å².